The fourth-order valence-corrected chi connectivity index (χ4v) is 7.76. The van der Waals surface area contributed by atoms with Crippen LogP contribution < -0.4 is 9.64 Å². The lowest BCUT2D eigenvalue weighted by molar-refractivity contribution is -0.137. The van der Waals surface area contributed by atoms with Crippen molar-refractivity contribution >= 4 is 38.4 Å². The summed E-state index contributed by atoms with van der Waals surface area (Å²) in [6, 6.07) is 11.0. The van der Waals surface area contributed by atoms with Crippen molar-refractivity contribution in [2.45, 2.75) is 23.9 Å². The zero-order chi connectivity index (χ0) is 23.1. The van der Waals surface area contributed by atoms with Crippen LogP contribution in [0.5, 0.6) is 5.75 Å². The number of amidine groups is 1. The quantitative estimate of drug-likeness (QED) is 0.661. The second kappa shape index (κ2) is 8.43. The number of carbonyl (C=O) groups is 1. The minimum absolute atomic E-state index is 0.0452. The predicted octanol–water partition coefficient (Wildman–Crippen LogP) is 3.56. The number of alkyl halides is 3. The molecule has 0 bridgehead atoms. The summed E-state index contributed by atoms with van der Waals surface area (Å²) in [4.78, 5) is 18.0. The Bertz CT molecular complexity index is 1160. The number of hydrogen-bond acceptors (Lipinski definition) is 5. The molecule has 0 radical (unpaired) electrons. The maximum Gasteiger partial charge on any atom is 0.418 e. The molecule has 0 spiro atoms. The Balaban J connectivity index is 1.69. The Morgan fingerprint density at radius 2 is 1.84 bits per heavy atom. The van der Waals surface area contributed by atoms with Gasteiger partial charge in [-0.15, -0.1) is 0 Å². The first-order valence-corrected chi connectivity index (χ1v) is 12.3. The molecule has 0 N–H and O–H groups in total. The van der Waals surface area contributed by atoms with Crippen LogP contribution in [-0.4, -0.2) is 49.4 Å². The predicted molar refractivity (Wildman–Crippen MR) is 117 cm³/mol. The third kappa shape index (κ3) is 4.63. The van der Waals surface area contributed by atoms with Gasteiger partial charge >= 0.3 is 6.18 Å². The van der Waals surface area contributed by atoms with Crippen LogP contribution in [0.2, 0.25) is 0 Å². The molecular weight excluding hydrogens is 465 g/mol. The van der Waals surface area contributed by atoms with E-state index in [-0.39, 0.29) is 28.8 Å². The Labute approximate surface area is 187 Å². The Kier molecular flexibility index (Phi) is 5.97. The average molecular weight is 485 g/mol. The van der Waals surface area contributed by atoms with Crippen LogP contribution in [0, 0.1) is 0 Å². The highest BCUT2D eigenvalue weighted by molar-refractivity contribution is 8.16. The second-order valence-corrected chi connectivity index (χ2v) is 10.9. The van der Waals surface area contributed by atoms with Gasteiger partial charge in [-0.1, -0.05) is 36.0 Å². The molecule has 0 unspecified atom stereocenters. The summed E-state index contributed by atoms with van der Waals surface area (Å²) >= 11 is 1.04. The summed E-state index contributed by atoms with van der Waals surface area (Å²) in [5, 5.41) is -0.404. The van der Waals surface area contributed by atoms with E-state index in [9.17, 15) is 26.4 Å². The van der Waals surface area contributed by atoms with Gasteiger partial charge in [0.2, 0.25) is 0 Å². The van der Waals surface area contributed by atoms with Crippen molar-refractivity contribution in [1.82, 2.24) is 0 Å². The fourth-order valence-electron chi connectivity index (χ4n) is 3.83. The molecule has 0 aliphatic carbocycles. The number of fused-ring (bicyclic) bond motifs is 1. The van der Waals surface area contributed by atoms with Crippen molar-refractivity contribution in [3.05, 3.63) is 59.7 Å². The lowest BCUT2D eigenvalue weighted by Crippen LogP contribution is -2.39. The number of rotatable bonds is 4. The molecule has 2 aromatic carbocycles. The minimum atomic E-state index is -4.64. The molecule has 170 valence electrons. The fraction of sp³-hybridized carbons (Fsp3) is 0.333. The van der Waals surface area contributed by atoms with E-state index in [0.29, 0.717) is 11.3 Å². The van der Waals surface area contributed by atoms with E-state index >= 15 is 0 Å². The third-order valence-electron chi connectivity index (χ3n) is 5.27. The molecule has 2 heterocycles. The van der Waals surface area contributed by atoms with Crippen molar-refractivity contribution in [2.24, 2.45) is 4.99 Å². The number of methoxy groups -OCH3 is 1. The SMILES string of the molecule is COc1ccc(CC(=O)N=C2S[C@H]3CS(=O)(=O)C[C@H]3N2c2ccccc2C(F)(F)F)cc1. The van der Waals surface area contributed by atoms with Gasteiger partial charge in [0.1, 0.15) is 5.75 Å². The third-order valence-corrected chi connectivity index (χ3v) is 8.48. The van der Waals surface area contributed by atoms with Gasteiger partial charge in [0.25, 0.3) is 5.91 Å². The molecule has 11 heteroatoms. The van der Waals surface area contributed by atoms with Crippen LogP contribution in [0.4, 0.5) is 18.9 Å². The lowest BCUT2D eigenvalue weighted by Gasteiger charge is -2.27. The number of amides is 1. The number of halogens is 3. The van der Waals surface area contributed by atoms with E-state index in [1.807, 2.05) is 0 Å². The molecular formula is C21H19F3N2O4S2. The summed E-state index contributed by atoms with van der Waals surface area (Å²) < 4.78 is 70.4. The Morgan fingerprint density at radius 1 is 1.16 bits per heavy atom. The largest absolute Gasteiger partial charge is 0.497 e. The maximum atomic E-state index is 13.7. The summed E-state index contributed by atoms with van der Waals surface area (Å²) in [6.45, 7) is 0. The smallest absolute Gasteiger partial charge is 0.418 e. The number of thioether (sulfide) groups is 1. The standard InChI is InChI=1S/C21H19F3N2O4S2/c1-30-14-8-6-13(7-9-14)10-19(27)25-20-26(17-11-32(28,29)12-18(17)31-20)16-5-3-2-4-15(16)21(22,23)24/h2-9,17-18H,10-12H2,1H3/t17-,18+/m1/s1. The van der Waals surface area contributed by atoms with Gasteiger partial charge in [-0.05, 0) is 29.8 Å². The molecule has 2 aromatic rings. The number of sulfone groups is 1. The van der Waals surface area contributed by atoms with E-state index in [1.165, 1.54) is 30.2 Å². The second-order valence-electron chi connectivity index (χ2n) is 7.50. The number of benzene rings is 2. The lowest BCUT2D eigenvalue weighted by atomic mass is 10.1. The van der Waals surface area contributed by atoms with E-state index in [0.717, 1.165) is 17.8 Å². The number of aliphatic imine (C=N–C) groups is 1. The summed E-state index contributed by atoms with van der Waals surface area (Å²) in [5.74, 6) is -0.362. The molecule has 2 fully saturated rings. The first-order valence-electron chi connectivity index (χ1n) is 9.64. The number of anilines is 1. The normalized spacial score (nSPS) is 23.4. The molecule has 2 aliphatic heterocycles. The van der Waals surface area contributed by atoms with Crippen LogP contribution in [0.25, 0.3) is 0 Å². The van der Waals surface area contributed by atoms with Gasteiger partial charge in [0.05, 0.1) is 42.3 Å². The molecule has 2 saturated heterocycles. The molecule has 4 rings (SSSR count). The zero-order valence-electron chi connectivity index (χ0n) is 16.9. The van der Waals surface area contributed by atoms with Crippen molar-refractivity contribution in [1.29, 1.82) is 0 Å². The van der Waals surface area contributed by atoms with Crippen molar-refractivity contribution in [2.75, 3.05) is 23.5 Å². The Morgan fingerprint density at radius 3 is 2.50 bits per heavy atom. The van der Waals surface area contributed by atoms with Gasteiger partial charge in [-0.2, -0.15) is 18.2 Å². The maximum absolute atomic E-state index is 13.7. The van der Waals surface area contributed by atoms with E-state index in [2.05, 4.69) is 4.99 Å². The highest BCUT2D eigenvalue weighted by Gasteiger charge is 2.51. The van der Waals surface area contributed by atoms with E-state index < -0.39 is 38.8 Å². The average Bonchev–Trinajstić information content (AvgIpc) is 3.18. The van der Waals surface area contributed by atoms with Crippen LogP contribution in [-0.2, 0) is 27.2 Å². The summed E-state index contributed by atoms with van der Waals surface area (Å²) in [7, 11) is -1.88. The van der Waals surface area contributed by atoms with E-state index in [4.69, 9.17) is 4.74 Å². The van der Waals surface area contributed by atoms with Crippen molar-refractivity contribution in [3.63, 3.8) is 0 Å². The Hall–Kier alpha value is -2.53. The molecule has 32 heavy (non-hydrogen) atoms. The number of nitrogens with zero attached hydrogens (tertiary/aromatic N) is 2. The van der Waals surface area contributed by atoms with Crippen LogP contribution in [0.1, 0.15) is 11.1 Å². The topological polar surface area (TPSA) is 76.0 Å². The number of carbonyl (C=O) groups excluding carboxylic acids is 1. The van der Waals surface area contributed by atoms with Gasteiger partial charge in [-0.25, -0.2) is 8.42 Å². The highest BCUT2D eigenvalue weighted by Crippen LogP contribution is 2.45. The van der Waals surface area contributed by atoms with Gasteiger partial charge in [-0.3, -0.25) is 4.79 Å². The molecule has 0 saturated carbocycles. The van der Waals surface area contributed by atoms with Gasteiger partial charge < -0.3 is 9.64 Å². The summed E-state index contributed by atoms with van der Waals surface area (Å²) in [6.07, 6.45) is -4.69. The molecule has 2 aliphatic rings. The monoisotopic (exact) mass is 484 g/mol. The van der Waals surface area contributed by atoms with Gasteiger partial charge in [0.15, 0.2) is 15.0 Å². The van der Waals surface area contributed by atoms with Crippen LogP contribution in [0.15, 0.2) is 53.5 Å². The number of hydrogen-bond donors (Lipinski definition) is 0. The molecule has 6 nitrogen and oxygen atoms in total. The molecule has 2 atom stereocenters. The highest BCUT2D eigenvalue weighted by atomic mass is 32.2. The van der Waals surface area contributed by atoms with Gasteiger partial charge in [0, 0.05) is 5.25 Å². The zero-order valence-corrected chi connectivity index (χ0v) is 18.5. The van der Waals surface area contributed by atoms with Crippen molar-refractivity contribution in [3.8, 4) is 5.75 Å². The van der Waals surface area contributed by atoms with Crippen LogP contribution >= 0.6 is 11.8 Å². The van der Waals surface area contributed by atoms with E-state index in [1.54, 1.807) is 24.3 Å². The first-order chi connectivity index (χ1) is 15.1. The van der Waals surface area contributed by atoms with Crippen LogP contribution in [0.3, 0.4) is 0 Å². The number of ether oxygens (including phenoxy) is 1. The summed E-state index contributed by atoms with van der Waals surface area (Å²) in [5.41, 5.74) is -0.429. The molecule has 0 aromatic heterocycles. The minimum Gasteiger partial charge on any atom is -0.497 e. The molecule has 1 amide bonds. The van der Waals surface area contributed by atoms with Crippen molar-refractivity contribution < 1.29 is 31.1 Å². The first kappa shape index (κ1) is 22.7. The number of para-hydroxylation sites is 1.